The molecular weight excluding hydrogens is 408 g/mol. The fourth-order valence-electron chi connectivity index (χ4n) is 3.56. The molecule has 2 aromatic carbocycles. The second-order valence-corrected chi connectivity index (χ2v) is 10.1. The Hall–Kier alpha value is -1.89. The van der Waals surface area contributed by atoms with Crippen molar-refractivity contribution in [2.75, 3.05) is 24.2 Å². The zero-order chi connectivity index (χ0) is 20.9. The zero-order valence-electron chi connectivity index (χ0n) is 16.6. The molecule has 0 radical (unpaired) electrons. The van der Waals surface area contributed by atoms with Gasteiger partial charge in [0.2, 0.25) is 15.9 Å². The average Bonchev–Trinajstić information content (AvgIpc) is 2.71. The van der Waals surface area contributed by atoms with Gasteiger partial charge in [0, 0.05) is 23.8 Å². The fourth-order valence-corrected chi connectivity index (χ4v) is 5.32. The largest absolute Gasteiger partial charge is 0.326 e. The Morgan fingerprint density at radius 2 is 1.97 bits per heavy atom. The van der Waals surface area contributed by atoms with Crippen LogP contribution in [0.15, 0.2) is 48.5 Å². The number of rotatable bonds is 7. The lowest BCUT2D eigenvalue weighted by atomic mass is 9.98. The van der Waals surface area contributed by atoms with Crippen LogP contribution >= 0.6 is 11.6 Å². The monoisotopic (exact) mass is 434 g/mol. The number of sulfonamides is 1. The first-order valence-corrected chi connectivity index (χ1v) is 11.9. The van der Waals surface area contributed by atoms with E-state index < -0.39 is 10.0 Å². The quantitative estimate of drug-likeness (QED) is 0.707. The molecule has 1 fully saturated rings. The molecule has 156 valence electrons. The van der Waals surface area contributed by atoms with Gasteiger partial charge in [0.05, 0.1) is 11.7 Å². The van der Waals surface area contributed by atoms with Gasteiger partial charge in [-0.3, -0.25) is 4.79 Å². The maximum atomic E-state index is 12.8. The number of hydrogen-bond donors (Lipinski definition) is 1. The van der Waals surface area contributed by atoms with Crippen LogP contribution in [-0.2, 0) is 21.2 Å². The van der Waals surface area contributed by atoms with Gasteiger partial charge in [-0.25, -0.2) is 12.7 Å². The van der Waals surface area contributed by atoms with E-state index in [1.807, 2.05) is 43.3 Å². The first kappa shape index (κ1) is 21.8. The molecule has 0 saturated carbocycles. The molecule has 1 saturated heterocycles. The molecule has 1 atom stereocenters. The highest BCUT2D eigenvalue weighted by Crippen LogP contribution is 2.24. The highest BCUT2D eigenvalue weighted by atomic mass is 35.5. The molecule has 1 aliphatic heterocycles. The molecule has 1 amide bonds. The summed E-state index contributed by atoms with van der Waals surface area (Å²) in [5.74, 6) is -0.411. The van der Waals surface area contributed by atoms with Crippen LogP contribution in [0.5, 0.6) is 0 Å². The number of anilines is 1. The molecule has 5 nitrogen and oxygen atoms in total. The lowest BCUT2D eigenvalue weighted by Crippen LogP contribution is -2.44. The smallest absolute Gasteiger partial charge is 0.228 e. The number of hydrogen-bond acceptors (Lipinski definition) is 3. The van der Waals surface area contributed by atoms with Crippen LogP contribution in [-0.4, -0.2) is 37.5 Å². The topological polar surface area (TPSA) is 66.5 Å². The van der Waals surface area contributed by atoms with Gasteiger partial charge in [-0.15, -0.1) is 0 Å². The first-order chi connectivity index (χ1) is 13.8. The predicted octanol–water partition coefficient (Wildman–Crippen LogP) is 4.26. The van der Waals surface area contributed by atoms with E-state index >= 15 is 0 Å². The van der Waals surface area contributed by atoms with Crippen molar-refractivity contribution in [3.8, 4) is 0 Å². The molecule has 3 rings (SSSR count). The molecule has 1 heterocycles. The Morgan fingerprint density at radius 1 is 1.21 bits per heavy atom. The summed E-state index contributed by atoms with van der Waals surface area (Å²) in [7, 11) is -3.37. The number of nitrogens with one attached hydrogen (secondary N) is 1. The van der Waals surface area contributed by atoms with E-state index in [0.717, 1.165) is 17.5 Å². The number of aryl methyl sites for hydroxylation is 2. The first-order valence-electron chi connectivity index (χ1n) is 9.94. The molecule has 1 aliphatic rings. The van der Waals surface area contributed by atoms with Gasteiger partial charge in [0.15, 0.2) is 0 Å². The summed E-state index contributed by atoms with van der Waals surface area (Å²) in [5, 5.41) is 3.46. The molecule has 0 bridgehead atoms. The van der Waals surface area contributed by atoms with E-state index in [0.29, 0.717) is 36.5 Å². The van der Waals surface area contributed by atoms with Crippen LogP contribution in [0.2, 0.25) is 5.02 Å². The van der Waals surface area contributed by atoms with Gasteiger partial charge < -0.3 is 5.32 Å². The van der Waals surface area contributed by atoms with Crippen LogP contribution < -0.4 is 5.32 Å². The summed E-state index contributed by atoms with van der Waals surface area (Å²) in [6.45, 7) is 2.61. The second-order valence-electron chi connectivity index (χ2n) is 7.56. The van der Waals surface area contributed by atoms with E-state index in [2.05, 4.69) is 5.32 Å². The number of benzene rings is 2. The minimum atomic E-state index is -3.37. The Balaban J connectivity index is 1.55. The third kappa shape index (κ3) is 6.04. The van der Waals surface area contributed by atoms with Crippen molar-refractivity contribution in [2.24, 2.45) is 5.92 Å². The Labute approximate surface area is 178 Å². The molecule has 0 unspecified atom stereocenters. The van der Waals surface area contributed by atoms with Crippen LogP contribution in [0.4, 0.5) is 5.69 Å². The van der Waals surface area contributed by atoms with E-state index in [4.69, 9.17) is 11.6 Å². The minimum Gasteiger partial charge on any atom is -0.326 e. The molecule has 2 aromatic rings. The SMILES string of the molecule is Cc1ccc(NC(=O)[C@H]2CCCN(S(=O)(=O)CCCc3ccccc3)C2)cc1Cl. The maximum Gasteiger partial charge on any atom is 0.228 e. The lowest BCUT2D eigenvalue weighted by molar-refractivity contribution is -0.120. The lowest BCUT2D eigenvalue weighted by Gasteiger charge is -2.31. The van der Waals surface area contributed by atoms with Crippen molar-refractivity contribution in [3.05, 3.63) is 64.7 Å². The summed E-state index contributed by atoms with van der Waals surface area (Å²) in [6, 6.07) is 15.2. The van der Waals surface area contributed by atoms with E-state index in [1.54, 1.807) is 12.1 Å². The summed E-state index contributed by atoms with van der Waals surface area (Å²) in [4.78, 5) is 12.7. The number of nitrogens with zero attached hydrogens (tertiary/aromatic N) is 1. The highest BCUT2D eigenvalue weighted by Gasteiger charge is 2.32. The number of carbonyl (C=O) groups is 1. The van der Waals surface area contributed by atoms with Crippen molar-refractivity contribution in [1.82, 2.24) is 4.31 Å². The van der Waals surface area contributed by atoms with Crippen molar-refractivity contribution < 1.29 is 13.2 Å². The third-order valence-corrected chi connectivity index (χ3v) is 7.63. The number of halogens is 1. The zero-order valence-corrected chi connectivity index (χ0v) is 18.2. The maximum absolute atomic E-state index is 12.8. The third-order valence-electron chi connectivity index (χ3n) is 5.30. The van der Waals surface area contributed by atoms with Gasteiger partial charge in [-0.2, -0.15) is 0 Å². The number of amides is 1. The summed E-state index contributed by atoms with van der Waals surface area (Å²) < 4.78 is 27.0. The highest BCUT2D eigenvalue weighted by molar-refractivity contribution is 7.89. The molecule has 0 aromatic heterocycles. The van der Waals surface area contributed by atoms with Crippen molar-refractivity contribution in [1.29, 1.82) is 0 Å². The van der Waals surface area contributed by atoms with Crippen LogP contribution in [0.3, 0.4) is 0 Å². The van der Waals surface area contributed by atoms with Crippen LogP contribution in [0.1, 0.15) is 30.4 Å². The Bertz CT molecular complexity index is 948. The van der Waals surface area contributed by atoms with Crippen LogP contribution in [0.25, 0.3) is 0 Å². The molecule has 7 heteroatoms. The van der Waals surface area contributed by atoms with Gasteiger partial charge in [0.25, 0.3) is 0 Å². The van der Waals surface area contributed by atoms with Gasteiger partial charge in [-0.05, 0) is 55.9 Å². The van der Waals surface area contributed by atoms with Crippen molar-refractivity contribution in [2.45, 2.75) is 32.6 Å². The molecule has 0 spiro atoms. The van der Waals surface area contributed by atoms with E-state index in [1.165, 1.54) is 4.31 Å². The number of carbonyl (C=O) groups excluding carboxylic acids is 1. The predicted molar refractivity (Wildman–Crippen MR) is 118 cm³/mol. The average molecular weight is 435 g/mol. The second kappa shape index (κ2) is 9.74. The van der Waals surface area contributed by atoms with Gasteiger partial charge >= 0.3 is 0 Å². The van der Waals surface area contributed by atoms with Gasteiger partial charge in [-0.1, -0.05) is 48.0 Å². The number of piperidine rings is 1. The van der Waals surface area contributed by atoms with Crippen molar-refractivity contribution in [3.63, 3.8) is 0 Å². The van der Waals surface area contributed by atoms with E-state index in [9.17, 15) is 13.2 Å². The Morgan fingerprint density at radius 3 is 2.69 bits per heavy atom. The fraction of sp³-hybridized carbons (Fsp3) is 0.409. The Kier molecular flexibility index (Phi) is 7.33. The summed E-state index contributed by atoms with van der Waals surface area (Å²) in [6.07, 6.45) is 2.67. The van der Waals surface area contributed by atoms with Crippen molar-refractivity contribution >= 4 is 33.2 Å². The minimum absolute atomic E-state index is 0.101. The van der Waals surface area contributed by atoms with Gasteiger partial charge in [0.1, 0.15) is 0 Å². The summed E-state index contributed by atoms with van der Waals surface area (Å²) >= 11 is 6.12. The molecule has 0 aliphatic carbocycles. The normalized spacial score (nSPS) is 17.8. The molecular formula is C22H27ClN2O3S. The standard InChI is InChI=1S/C22H27ClN2O3S/c1-17-11-12-20(15-21(17)23)24-22(26)19-10-5-13-25(16-19)29(27,28)14-6-9-18-7-3-2-4-8-18/h2-4,7-8,11-12,15,19H,5-6,9-10,13-14,16H2,1H3,(H,24,26)/t19-/m0/s1. The summed E-state index contributed by atoms with van der Waals surface area (Å²) in [5.41, 5.74) is 2.71. The molecule has 29 heavy (non-hydrogen) atoms. The molecule has 1 N–H and O–H groups in total. The van der Waals surface area contributed by atoms with Crippen LogP contribution in [0, 0.1) is 12.8 Å². The van der Waals surface area contributed by atoms with E-state index in [-0.39, 0.29) is 24.1 Å².